The van der Waals surface area contributed by atoms with Gasteiger partial charge < -0.3 is 0 Å². The number of carbonyl (C=O) groups excluding carboxylic acids is 2. The second-order valence-electron chi connectivity index (χ2n) is 3.68. The highest BCUT2D eigenvalue weighted by Crippen LogP contribution is 2.26. The number of ketones is 2. The Morgan fingerprint density at radius 2 is 1.78 bits per heavy atom. The minimum Gasteiger partial charge on any atom is -0.290 e. The van der Waals surface area contributed by atoms with Crippen molar-refractivity contribution in [1.82, 2.24) is 0 Å². The molecule has 0 N–H and O–H groups in total. The summed E-state index contributed by atoms with van der Waals surface area (Å²) in [6.45, 7) is 0. The zero-order chi connectivity index (χ0) is 13.1. The minimum atomic E-state index is -0.205. The highest BCUT2D eigenvalue weighted by Gasteiger charge is 2.10. The minimum absolute atomic E-state index is 0.202. The summed E-state index contributed by atoms with van der Waals surface area (Å²) in [5.74, 6) is -0.407. The Kier molecular flexibility index (Phi) is 3.80. The molecule has 0 bridgehead atoms. The van der Waals surface area contributed by atoms with Gasteiger partial charge in [-0.05, 0) is 29.9 Å². The van der Waals surface area contributed by atoms with Crippen LogP contribution in [0.4, 0.5) is 0 Å². The number of rotatable bonds is 2. The number of allylic oxidation sites excluding steroid dienone is 5. The first-order valence-corrected chi connectivity index (χ1v) is 5.93. The molecule has 0 atom stereocenters. The SMILES string of the molecule is O=C1C=CC(=O)C(/C=C/c2cccc(Cl)c2Cl)=C1. The molecule has 18 heavy (non-hydrogen) atoms. The van der Waals surface area contributed by atoms with Crippen molar-refractivity contribution in [3.8, 4) is 0 Å². The molecule has 0 radical (unpaired) electrons. The van der Waals surface area contributed by atoms with Gasteiger partial charge in [-0.3, -0.25) is 9.59 Å². The van der Waals surface area contributed by atoms with Crippen LogP contribution in [0.25, 0.3) is 6.08 Å². The van der Waals surface area contributed by atoms with Crippen LogP contribution in [0, 0.1) is 0 Å². The molecule has 90 valence electrons. The fourth-order valence-corrected chi connectivity index (χ4v) is 1.86. The standard InChI is InChI=1S/C14H8Cl2O2/c15-12-3-1-2-9(14(12)16)4-5-10-8-11(17)6-7-13(10)18/h1-8H/b5-4+. The van der Waals surface area contributed by atoms with Crippen LogP contribution in [0.1, 0.15) is 5.56 Å². The number of carbonyl (C=O) groups is 2. The maximum absolute atomic E-state index is 11.5. The van der Waals surface area contributed by atoms with Crippen LogP contribution in [0.3, 0.4) is 0 Å². The van der Waals surface area contributed by atoms with Crippen LogP contribution < -0.4 is 0 Å². The molecule has 0 saturated heterocycles. The molecular formula is C14H8Cl2O2. The van der Waals surface area contributed by atoms with Crippen LogP contribution in [-0.2, 0) is 9.59 Å². The molecule has 1 aromatic carbocycles. The largest absolute Gasteiger partial charge is 0.290 e. The predicted molar refractivity (Wildman–Crippen MR) is 72.7 cm³/mol. The third-order valence-corrected chi connectivity index (χ3v) is 3.24. The molecule has 0 aromatic heterocycles. The third kappa shape index (κ3) is 2.78. The lowest BCUT2D eigenvalue weighted by Crippen LogP contribution is -2.05. The van der Waals surface area contributed by atoms with Crippen LogP contribution in [0.2, 0.25) is 10.0 Å². The van der Waals surface area contributed by atoms with Crippen LogP contribution in [0.5, 0.6) is 0 Å². The summed E-state index contributed by atoms with van der Waals surface area (Å²) in [5.41, 5.74) is 1.03. The molecule has 0 amide bonds. The molecule has 4 heteroatoms. The molecule has 0 saturated carbocycles. The average molecular weight is 279 g/mol. The summed E-state index contributed by atoms with van der Waals surface area (Å²) in [5, 5.41) is 0.861. The van der Waals surface area contributed by atoms with Crippen molar-refractivity contribution >= 4 is 40.8 Å². The first kappa shape index (κ1) is 12.8. The van der Waals surface area contributed by atoms with E-state index in [2.05, 4.69) is 0 Å². The first-order valence-electron chi connectivity index (χ1n) is 5.18. The fraction of sp³-hybridized carbons (Fsp3) is 0. The summed E-state index contributed by atoms with van der Waals surface area (Å²) < 4.78 is 0. The maximum atomic E-state index is 11.5. The van der Waals surface area contributed by atoms with E-state index in [9.17, 15) is 9.59 Å². The number of hydrogen-bond donors (Lipinski definition) is 0. The van der Waals surface area contributed by atoms with Gasteiger partial charge in [0, 0.05) is 5.57 Å². The van der Waals surface area contributed by atoms with Crippen molar-refractivity contribution < 1.29 is 9.59 Å². The fourth-order valence-electron chi connectivity index (χ4n) is 1.49. The van der Waals surface area contributed by atoms with Gasteiger partial charge in [-0.15, -0.1) is 0 Å². The van der Waals surface area contributed by atoms with E-state index in [4.69, 9.17) is 23.2 Å². The van der Waals surface area contributed by atoms with Gasteiger partial charge in [-0.2, -0.15) is 0 Å². The Morgan fingerprint density at radius 3 is 2.56 bits per heavy atom. The average Bonchev–Trinajstić information content (AvgIpc) is 2.35. The summed E-state index contributed by atoms with van der Waals surface area (Å²) in [6.07, 6.45) is 7.00. The summed E-state index contributed by atoms with van der Waals surface area (Å²) in [7, 11) is 0. The lowest BCUT2D eigenvalue weighted by molar-refractivity contribution is -0.114. The number of halogens is 2. The summed E-state index contributed by atoms with van der Waals surface area (Å²) in [6, 6.07) is 5.21. The number of benzene rings is 1. The van der Waals surface area contributed by atoms with E-state index < -0.39 is 0 Å². The molecular weight excluding hydrogens is 271 g/mol. The normalized spacial score (nSPS) is 15.3. The maximum Gasteiger partial charge on any atom is 0.186 e. The van der Waals surface area contributed by atoms with Gasteiger partial charge in [0.2, 0.25) is 0 Å². The zero-order valence-corrected chi connectivity index (χ0v) is 10.7. The van der Waals surface area contributed by atoms with Crippen LogP contribution in [-0.4, -0.2) is 11.6 Å². The molecule has 1 aromatic rings. The Morgan fingerprint density at radius 1 is 1.00 bits per heavy atom. The molecule has 1 aliphatic carbocycles. The lowest BCUT2D eigenvalue weighted by Gasteiger charge is -2.02. The van der Waals surface area contributed by atoms with Gasteiger partial charge in [0.25, 0.3) is 0 Å². The van der Waals surface area contributed by atoms with Crippen molar-refractivity contribution in [1.29, 1.82) is 0 Å². The van der Waals surface area contributed by atoms with Crippen molar-refractivity contribution in [3.05, 3.63) is 63.7 Å². The van der Waals surface area contributed by atoms with E-state index in [-0.39, 0.29) is 11.6 Å². The van der Waals surface area contributed by atoms with Gasteiger partial charge in [0.05, 0.1) is 10.0 Å². The zero-order valence-electron chi connectivity index (χ0n) is 9.19. The molecule has 0 aliphatic heterocycles. The van der Waals surface area contributed by atoms with Gasteiger partial charge in [-0.1, -0.05) is 47.5 Å². The van der Waals surface area contributed by atoms with E-state index in [0.29, 0.717) is 21.2 Å². The first-order chi connectivity index (χ1) is 8.58. The molecule has 2 nitrogen and oxygen atoms in total. The van der Waals surface area contributed by atoms with E-state index in [0.717, 1.165) is 0 Å². The van der Waals surface area contributed by atoms with Crippen molar-refractivity contribution in [2.24, 2.45) is 0 Å². The molecule has 0 spiro atoms. The summed E-state index contributed by atoms with van der Waals surface area (Å²) >= 11 is 11.9. The van der Waals surface area contributed by atoms with Gasteiger partial charge in [0.15, 0.2) is 11.6 Å². The third-order valence-electron chi connectivity index (χ3n) is 2.41. The van der Waals surface area contributed by atoms with Crippen LogP contribution in [0.15, 0.2) is 48.1 Å². The predicted octanol–water partition coefficient (Wildman–Crippen LogP) is 3.64. The smallest absolute Gasteiger partial charge is 0.186 e. The van der Waals surface area contributed by atoms with Gasteiger partial charge in [0.1, 0.15) is 0 Å². The Labute approximate surface area is 114 Å². The highest BCUT2D eigenvalue weighted by atomic mass is 35.5. The quantitative estimate of drug-likeness (QED) is 0.774. The molecule has 0 unspecified atom stereocenters. The molecule has 0 fully saturated rings. The Balaban J connectivity index is 2.29. The van der Waals surface area contributed by atoms with Crippen molar-refractivity contribution in [3.63, 3.8) is 0 Å². The Hall–Kier alpha value is -1.64. The van der Waals surface area contributed by atoms with E-state index in [1.807, 2.05) is 0 Å². The second kappa shape index (κ2) is 5.34. The van der Waals surface area contributed by atoms with Gasteiger partial charge >= 0.3 is 0 Å². The van der Waals surface area contributed by atoms with Crippen LogP contribution >= 0.6 is 23.2 Å². The Bertz CT molecular complexity index is 610. The molecule has 0 heterocycles. The number of hydrogen-bond acceptors (Lipinski definition) is 2. The summed E-state index contributed by atoms with van der Waals surface area (Å²) in [4.78, 5) is 22.7. The van der Waals surface area contributed by atoms with E-state index in [1.165, 1.54) is 18.2 Å². The van der Waals surface area contributed by atoms with Crippen molar-refractivity contribution in [2.75, 3.05) is 0 Å². The lowest BCUT2D eigenvalue weighted by atomic mass is 10.0. The topological polar surface area (TPSA) is 34.1 Å². The van der Waals surface area contributed by atoms with Gasteiger partial charge in [-0.25, -0.2) is 0 Å². The molecule has 2 rings (SSSR count). The monoisotopic (exact) mass is 278 g/mol. The van der Waals surface area contributed by atoms with Crippen molar-refractivity contribution in [2.45, 2.75) is 0 Å². The van der Waals surface area contributed by atoms with E-state index >= 15 is 0 Å². The molecule has 1 aliphatic rings. The second-order valence-corrected chi connectivity index (χ2v) is 4.46. The highest BCUT2D eigenvalue weighted by molar-refractivity contribution is 6.42. The van der Waals surface area contributed by atoms with E-state index in [1.54, 1.807) is 30.4 Å².